The van der Waals surface area contributed by atoms with Crippen LogP contribution >= 0.6 is 0 Å². The van der Waals surface area contributed by atoms with E-state index in [1.165, 1.54) is 18.3 Å². The van der Waals surface area contributed by atoms with Crippen LogP contribution in [-0.4, -0.2) is 35.9 Å². The number of hydrogen-bond donors (Lipinski definition) is 2. The van der Waals surface area contributed by atoms with Crippen molar-refractivity contribution in [2.24, 2.45) is 10.7 Å². The quantitative estimate of drug-likeness (QED) is 0.859. The monoisotopic (exact) mass is 378 g/mol. The molecule has 1 aliphatic heterocycles. The number of nitrogens with zero attached hydrogens (tertiary/aromatic N) is 2. The van der Waals surface area contributed by atoms with Gasteiger partial charge in [-0.15, -0.1) is 0 Å². The van der Waals surface area contributed by atoms with Crippen molar-refractivity contribution in [1.82, 2.24) is 4.98 Å². The molecule has 6 nitrogen and oxygen atoms in total. The Kier molecular flexibility index (Phi) is 4.88. The number of amides is 1. The van der Waals surface area contributed by atoms with E-state index < -0.39 is 35.4 Å². The summed E-state index contributed by atoms with van der Waals surface area (Å²) in [6.07, 6.45) is 1.44. The lowest BCUT2D eigenvalue weighted by Gasteiger charge is -2.33. The first-order valence-electron chi connectivity index (χ1n) is 8.05. The first-order valence-corrected chi connectivity index (χ1v) is 8.05. The number of aliphatic imine (C=N–C) groups is 1. The fourth-order valence-electron chi connectivity index (χ4n) is 2.75. The van der Waals surface area contributed by atoms with E-state index in [0.717, 1.165) is 19.1 Å². The summed E-state index contributed by atoms with van der Waals surface area (Å²) in [6, 6.07) is 8.13. The molecule has 142 valence electrons. The highest BCUT2D eigenvalue weighted by atomic mass is 19.3. The van der Waals surface area contributed by atoms with Crippen molar-refractivity contribution < 1.29 is 22.7 Å². The molecule has 0 spiro atoms. The number of ether oxygens (including phenoxy) is 1. The summed E-state index contributed by atoms with van der Waals surface area (Å²) in [5.41, 5.74) is 3.17. The third kappa shape index (κ3) is 3.63. The number of anilines is 1. The van der Waals surface area contributed by atoms with Gasteiger partial charge in [0.2, 0.25) is 0 Å². The van der Waals surface area contributed by atoms with Crippen LogP contribution in [0.1, 0.15) is 23.0 Å². The average Bonchev–Trinajstić information content (AvgIpc) is 2.73. The number of aromatic nitrogens is 1. The first-order chi connectivity index (χ1) is 12.7. The van der Waals surface area contributed by atoms with Crippen molar-refractivity contribution in [3.8, 4) is 0 Å². The number of pyridine rings is 1. The molecule has 0 unspecified atom stereocenters. The maximum absolute atomic E-state index is 14.7. The summed E-state index contributed by atoms with van der Waals surface area (Å²) in [6.45, 7) is -0.155. The lowest BCUT2D eigenvalue weighted by Crippen LogP contribution is -2.45. The van der Waals surface area contributed by atoms with Gasteiger partial charge < -0.3 is 15.8 Å². The Balaban J connectivity index is 2.00. The largest absolute Gasteiger partial charge is 0.385 e. The number of hydrogen-bond acceptors (Lipinski definition) is 5. The van der Waals surface area contributed by atoms with E-state index in [9.17, 15) is 18.0 Å². The Hall–Kier alpha value is -2.94. The van der Waals surface area contributed by atoms with Gasteiger partial charge in [-0.25, -0.2) is 13.2 Å². The van der Waals surface area contributed by atoms with Crippen LogP contribution in [0.25, 0.3) is 0 Å². The lowest BCUT2D eigenvalue weighted by atomic mass is 9.85. The maximum atomic E-state index is 14.7. The third-order valence-electron chi connectivity index (χ3n) is 4.26. The number of carbonyl (C=O) groups excluding carboxylic acids is 1. The van der Waals surface area contributed by atoms with E-state index in [-0.39, 0.29) is 23.8 Å². The predicted molar refractivity (Wildman–Crippen MR) is 93.3 cm³/mol. The second-order valence-corrected chi connectivity index (χ2v) is 6.24. The van der Waals surface area contributed by atoms with Gasteiger partial charge in [0.05, 0.1) is 0 Å². The number of halogens is 3. The molecule has 1 aromatic heterocycles. The molecule has 0 aliphatic carbocycles. The van der Waals surface area contributed by atoms with E-state index in [4.69, 9.17) is 10.5 Å². The van der Waals surface area contributed by atoms with Gasteiger partial charge in [-0.05, 0) is 37.3 Å². The molecule has 27 heavy (non-hydrogen) atoms. The maximum Gasteiger partial charge on any atom is 0.299 e. The normalized spacial score (nSPS) is 21.9. The van der Waals surface area contributed by atoms with Crippen molar-refractivity contribution in [3.05, 3.63) is 59.7 Å². The van der Waals surface area contributed by atoms with Crippen LogP contribution < -0.4 is 11.1 Å². The minimum atomic E-state index is -3.52. The van der Waals surface area contributed by atoms with Crippen molar-refractivity contribution in [2.75, 3.05) is 18.5 Å². The molecule has 1 atom stereocenters. The molecule has 2 aromatic rings. The second-order valence-electron chi connectivity index (χ2n) is 6.24. The first kappa shape index (κ1) is 18.8. The molecular formula is C18H17F3N4O2. The smallest absolute Gasteiger partial charge is 0.299 e. The molecule has 3 N–H and O–H groups in total. The Morgan fingerprint density at radius 1 is 1.30 bits per heavy atom. The van der Waals surface area contributed by atoms with Gasteiger partial charge in [0.15, 0.2) is 5.54 Å². The Bertz CT molecular complexity index is 889. The van der Waals surface area contributed by atoms with Crippen LogP contribution in [0.2, 0.25) is 0 Å². The number of amidine groups is 1. The van der Waals surface area contributed by atoms with E-state index in [1.54, 1.807) is 12.1 Å². The van der Waals surface area contributed by atoms with Crippen LogP contribution in [0.4, 0.5) is 18.9 Å². The van der Waals surface area contributed by atoms with E-state index >= 15 is 0 Å². The van der Waals surface area contributed by atoms with Crippen molar-refractivity contribution in [1.29, 1.82) is 0 Å². The van der Waals surface area contributed by atoms with Gasteiger partial charge in [0.1, 0.15) is 30.6 Å². The summed E-state index contributed by atoms with van der Waals surface area (Å²) in [7, 11) is 0. The Morgan fingerprint density at radius 3 is 2.78 bits per heavy atom. The van der Waals surface area contributed by atoms with E-state index in [2.05, 4.69) is 15.3 Å². The summed E-state index contributed by atoms with van der Waals surface area (Å²) < 4.78 is 48.6. The number of nitrogens with one attached hydrogen (secondary N) is 1. The van der Waals surface area contributed by atoms with E-state index in [1.807, 2.05) is 0 Å². The topological polar surface area (TPSA) is 89.6 Å². The van der Waals surface area contributed by atoms with Crippen molar-refractivity contribution in [3.63, 3.8) is 0 Å². The fraction of sp³-hybridized carbons (Fsp3) is 0.278. The summed E-state index contributed by atoms with van der Waals surface area (Å²) in [5, 5.41) is 2.51. The minimum Gasteiger partial charge on any atom is -0.385 e. The summed E-state index contributed by atoms with van der Waals surface area (Å²) in [5.74, 6) is -5.14. The van der Waals surface area contributed by atoms with Crippen LogP contribution in [0, 0.1) is 5.82 Å². The molecule has 0 saturated carbocycles. The van der Waals surface area contributed by atoms with Crippen molar-refractivity contribution >= 4 is 17.4 Å². The second kappa shape index (κ2) is 6.99. The molecule has 1 amide bonds. The molecule has 0 radical (unpaired) electrons. The van der Waals surface area contributed by atoms with Crippen molar-refractivity contribution in [2.45, 2.75) is 18.4 Å². The minimum absolute atomic E-state index is 0.123. The molecule has 3 rings (SSSR count). The highest BCUT2D eigenvalue weighted by Crippen LogP contribution is 2.44. The van der Waals surface area contributed by atoms with Gasteiger partial charge in [-0.1, -0.05) is 6.07 Å². The van der Waals surface area contributed by atoms with Crippen LogP contribution in [-0.2, 0) is 10.3 Å². The predicted octanol–water partition coefficient (Wildman–Crippen LogP) is 2.71. The standard InChI is InChI=1S/C18H17F3N4O2/c1-17(18(20,21)10-27-9-15(22)25-17)12-8-11(5-6-13(12)19)24-16(26)14-4-2-3-7-23-14/h2-8H,9-10H2,1H3,(H2,22,25)(H,24,26)/t17-/m1/s1. The van der Waals surface area contributed by atoms with Gasteiger partial charge >= 0.3 is 0 Å². The molecule has 0 saturated heterocycles. The summed E-state index contributed by atoms with van der Waals surface area (Å²) >= 11 is 0. The molecule has 0 bridgehead atoms. The van der Waals surface area contributed by atoms with Gasteiger partial charge in [-0.3, -0.25) is 14.8 Å². The van der Waals surface area contributed by atoms with Crippen LogP contribution in [0.15, 0.2) is 47.6 Å². The third-order valence-corrected chi connectivity index (χ3v) is 4.26. The van der Waals surface area contributed by atoms with Crippen LogP contribution in [0.5, 0.6) is 0 Å². The number of nitrogens with two attached hydrogens (primary N) is 1. The molecule has 9 heteroatoms. The zero-order valence-electron chi connectivity index (χ0n) is 14.4. The fourth-order valence-corrected chi connectivity index (χ4v) is 2.75. The zero-order chi connectivity index (χ0) is 19.7. The highest BCUT2D eigenvalue weighted by Gasteiger charge is 2.54. The molecule has 1 aliphatic rings. The molecular weight excluding hydrogens is 361 g/mol. The number of alkyl halides is 2. The lowest BCUT2D eigenvalue weighted by molar-refractivity contribution is -0.116. The Labute approximate surface area is 153 Å². The highest BCUT2D eigenvalue weighted by molar-refractivity contribution is 6.02. The Morgan fingerprint density at radius 2 is 2.07 bits per heavy atom. The number of benzene rings is 1. The number of rotatable bonds is 3. The van der Waals surface area contributed by atoms with Gasteiger partial charge in [0.25, 0.3) is 11.8 Å². The molecule has 2 heterocycles. The zero-order valence-corrected chi connectivity index (χ0v) is 14.4. The van der Waals surface area contributed by atoms with Gasteiger partial charge in [0, 0.05) is 17.4 Å². The van der Waals surface area contributed by atoms with E-state index in [0.29, 0.717) is 0 Å². The van der Waals surface area contributed by atoms with Gasteiger partial charge in [-0.2, -0.15) is 0 Å². The number of carbonyl (C=O) groups is 1. The summed E-state index contributed by atoms with van der Waals surface area (Å²) in [4.78, 5) is 19.9. The molecule has 0 fully saturated rings. The average molecular weight is 378 g/mol. The van der Waals surface area contributed by atoms with Crippen LogP contribution in [0.3, 0.4) is 0 Å². The molecule has 1 aromatic carbocycles. The SMILES string of the molecule is C[C@]1(c2cc(NC(=O)c3ccccn3)ccc2F)N=C(N)COCC1(F)F.